The van der Waals surface area contributed by atoms with Gasteiger partial charge in [0, 0.05) is 22.4 Å². The molecule has 0 saturated heterocycles. The Morgan fingerprint density at radius 3 is 2.59 bits per heavy atom. The lowest BCUT2D eigenvalue weighted by molar-refractivity contribution is -0.132. The lowest BCUT2D eigenvalue weighted by Gasteiger charge is -2.06. The molecule has 1 rings (SSSR count). The lowest BCUT2D eigenvalue weighted by Crippen LogP contribution is -2.11. The number of amides is 1. The highest BCUT2D eigenvalue weighted by Gasteiger charge is 2.06. The lowest BCUT2D eigenvalue weighted by atomic mass is 10.2. The van der Waals surface area contributed by atoms with Crippen LogP contribution in [0.5, 0.6) is 0 Å². The van der Waals surface area contributed by atoms with Crippen molar-refractivity contribution in [2.75, 3.05) is 5.32 Å². The largest absolute Gasteiger partial charge is 0.478 e. The molecular weight excluding hydrogens is 242 g/mol. The number of carbonyl (C=O) groups is 2. The minimum atomic E-state index is -1.12. The molecule has 0 aliphatic heterocycles. The van der Waals surface area contributed by atoms with E-state index in [9.17, 15) is 9.59 Å². The number of carbonyl (C=O) groups excluding carboxylic acids is 1. The van der Waals surface area contributed by atoms with Crippen LogP contribution in [0.1, 0.15) is 12.5 Å². The molecule has 0 aliphatic carbocycles. The second kappa shape index (κ2) is 5.50. The summed E-state index contributed by atoms with van der Waals surface area (Å²) in [6.45, 7) is 3.16. The van der Waals surface area contributed by atoms with Crippen molar-refractivity contribution in [3.8, 4) is 0 Å². The number of carboxylic acid groups (broad SMARTS) is 1. The summed E-state index contributed by atoms with van der Waals surface area (Å²) >= 11 is 5.78. The number of aryl methyl sites for hydroxylation is 1. The van der Waals surface area contributed by atoms with Gasteiger partial charge in [0.15, 0.2) is 0 Å². The van der Waals surface area contributed by atoms with Crippen molar-refractivity contribution in [3.05, 3.63) is 40.4 Å². The zero-order valence-corrected chi connectivity index (χ0v) is 10.2. The number of carboxylic acids is 1. The minimum Gasteiger partial charge on any atom is -0.478 e. The van der Waals surface area contributed by atoms with E-state index in [2.05, 4.69) is 5.32 Å². The first-order chi connectivity index (χ1) is 7.90. The molecule has 17 heavy (non-hydrogen) atoms. The fourth-order valence-corrected chi connectivity index (χ4v) is 1.42. The van der Waals surface area contributed by atoms with Crippen LogP contribution in [-0.2, 0) is 9.59 Å². The topological polar surface area (TPSA) is 66.4 Å². The number of anilines is 1. The van der Waals surface area contributed by atoms with E-state index in [4.69, 9.17) is 16.7 Å². The minimum absolute atomic E-state index is 0.0193. The Hall–Kier alpha value is -1.81. The van der Waals surface area contributed by atoms with Crippen LogP contribution in [-0.4, -0.2) is 17.0 Å². The summed E-state index contributed by atoms with van der Waals surface area (Å²) < 4.78 is 0. The van der Waals surface area contributed by atoms with Crippen LogP contribution in [0.3, 0.4) is 0 Å². The van der Waals surface area contributed by atoms with Crippen LogP contribution in [0.25, 0.3) is 0 Å². The van der Waals surface area contributed by atoms with Gasteiger partial charge in [0.25, 0.3) is 0 Å². The third kappa shape index (κ3) is 3.92. The Kier molecular flexibility index (Phi) is 4.29. The molecule has 0 unspecified atom stereocenters. The Morgan fingerprint density at radius 1 is 1.41 bits per heavy atom. The second-order valence-corrected chi connectivity index (χ2v) is 4.02. The molecule has 0 aromatic heterocycles. The molecule has 0 aliphatic rings. The quantitative estimate of drug-likeness (QED) is 0.814. The Morgan fingerprint density at radius 2 is 2.06 bits per heavy atom. The van der Waals surface area contributed by atoms with Crippen molar-refractivity contribution < 1.29 is 14.7 Å². The van der Waals surface area contributed by atoms with Crippen LogP contribution in [0.2, 0.25) is 5.02 Å². The molecule has 0 heterocycles. The van der Waals surface area contributed by atoms with Crippen LogP contribution in [0.15, 0.2) is 29.8 Å². The first kappa shape index (κ1) is 13.3. The first-order valence-corrected chi connectivity index (χ1v) is 5.26. The summed E-state index contributed by atoms with van der Waals surface area (Å²) in [5.74, 6) is -1.59. The maximum absolute atomic E-state index is 11.5. The smallest absolute Gasteiger partial charge is 0.331 e. The van der Waals surface area contributed by atoms with Crippen molar-refractivity contribution in [2.24, 2.45) is 0 Å². The maximum Gasteiger partial charge on any atom is 0.331 e. The number of benzene rings is 1. The SMILES string of the molecule is C/C(=C\C(=O)Nc1ccc(Cl)cc1C)C(=O)O. The second-order valence-electron chi connectivity index (χ2n) is 3.58. The van der Waals surface area contributed by atoms with Crippen molar-refractivity contribution in [2.45, 2.75) is 13.8 Å². The van der Waals surface area contributed by atoms with Gasteiger partial charge in [-0.05, 0) is 37.6 Å². The number of aliphatic carboxylic acids is 1. The predicted octanol–water partition coefficient (Wildman–Crippen LogP) is 2.62. The zero-order valence-electron chi connectivity index (χ0n) is 9.45. The van der Waals surface area contributed by atoms with E-state index in [-0.39, 0.29) is 5.57 Å². The highest BCUT2D eigenvalue weighted by molar-refractivity contribution is 6.30. The third-order valence-corrected chi connectivity index (χ3v) is 2.37. The molecule has 4 nitrogen and oxygen atoms in total. The molecule has 0 spiro atoms. The Balaban J connectivity index is 2.82. The molecule has 0 fully saturated rings. The highest BCUT2D eigenvalue weighted by atomic mass is 35.5. The van der Waals surface area contributed by atoms with Crippen molar-refractivity contribution in [1.82, 2.24) is 0 Å². The van der Waals surface area contributed by atoms with Gasteiger partial charge in [0.05, 0.1) is 0 Å². The summed E-state index contributed by atoms with van der Waals surface area (Å²) in [4.78, 5) is 22.0. The van der Waals surface area contributed by atoms with Gasteiger partial charge in [-0.15, -0.1) is 0 Å². The fraction of sp³-hybridized carbons (Fsp3) is 0.167. The average molecular weight is 254 g/mol. The summed E-state index contributed by atoms with van der Waals surface area (Å²) in [5.41, 5.74) is 1.40. The van der Waals surface area contributed by atoms with E-state index >= 15 is 0 Å². The van der Waals surface area contributed by atoms with Crippen LogP contribution >= 0.6 is 11.6 Å². The predicted molar refractivity (Wildman–Crippen MR) is 66.2 cm³/mol. The molecule has 2 N–H and O–H groups in total. The Labute approximate surface area is 104 Å². The van der Waals surface area contributed by atoms with E-state index in [1.54, 1.807) is 25.1 Å². The number of halogens is 1. The van der Waals surface area contributed by atoms with Crippen molar-refractivity contribution >= 4 is 29.2 Å². The molecule has 90 valence electrons. The van der Waals surface area contributed by atoms with Crippen LogP contribution < -0.4 is 5.32 Å². The maximum atomic E-state index is 11.5. The molecule has 5 heteroatoms. The monoisotopic (exact) mass is 253 g/mol. The summed E-state index contributed by atoms with van der Waals surface area (Å²) in [5, 5.41) is 11.8. The van der Waals surface area contributed by atoms with E-state index in [0.29, 0.717) is 10.7 Å². The number of hydrogen-bond acceptors (Lipinski definition) is 2. The molecule has 0 atom stereocenters. The van der Waals surface area contributed by atoms with Gasteiger partial charge in [-0.2, -0.15) is 0 Å². The highest BCUT2D eigenvalue weighted by Crippen LogP contribution is 2.19. The van der Waals surface area contributed by atoms with E-state index < -0.39 is 11.9 Å². The first-order valence-electron chi connectivity index (χ1n) is 4.89. The third-order valence-electron chi connectivity index (χ3n) is 2.13. The van der Waals surface area contributed by atoms with Crippen LogP contribution in [0.4, 0.5) is 5.69 Å². The molecule has 0 saturated carbocycles. The molecule has 1 aromatic rings. The van der Waals surface area contributed by atoms with Gasteiger partial charge < -0.3 is 10.4 Å². The van der Waals surface area contributed by atoms with E-state index in [1.807, 2.05) is 0 Å². The van der Waals surface area contributed by atoms with Gasteiger partial charge in [-0.25, -0.2) is 4.79 Å². The normalized spacial score (nSPS) is 11.1. The van der Waals surface area contributed by atoms with Crippen molar-refractivity contribution in [1.29, 1.82) is 0 Å². The standard InChI is InChI=1S/C12H12ClNO3/c1-7-5-9(13)3-4-10(7)14-11(15)6-8(2)12(16)17/h3-6H,1-2H3,(H,14,15)(H,16,17)/b8-6+. The zero-order chi connectivity index (χ0) is 13.0. The number of hydrogen-bond donors (Lipinski definition) is 2. The van der Waals surface area contributed by atoms with Crippen molar-refractivity contribution in [3.63, 3.8) is 0 Å². The van der Waals surface area contributed by atoms with Crippen LogP contribution in [0, 0.1) is 6.92 Å². The van der Waals surface area contributed by atoms with Gasteiger partial charge in [0.2, 0.25) is 5.91 Å². The molecule has 0 bridgehead atoms. The summed E-state index contributed by atoms with van der Waals surface area (Å²) in [6, 6.07) is 5.03. The summed E-state index contributed by atoms with van der Waals surface area (Å²) in [6.07, 6.45) is 1.04. The van der Waals surface area contributed by atoms with E-state index in [0.717, 1.165) is 11.6 Å². The summed E-state index contributed by atoms with van der Waals surface area (Å²) in [7, 11) is 0. The Bertz CT molecular complexity index is 495. The van der Waals surface area contributed by atoms with Gasteiger partial charge in [0.1, 0.15) is 0 Å². The number of rotatable bonds is 3. The van der Waals surface area contributed by atoms with Gasteiger partial charge in [-0.3, -0.25) is 4.79 Å². The van der Waals surface area contributed by atoms with Gasteiger partial charge >= 0.3 is 5.97 Å². The number of nitrogens with one attached hydrogen (secondary N) is 1. The average Bonchev–Trinajstić information content (AvgIpc) is 2.22. The molecule has 1 aromatic carbocycles. The fourth-order valence-electron chi connectivity index (χ4n) is 1.19. The van der Waals surface area contributed by atoms with E-state index in [1.165, 1.54) is 6.92 Å². The van der Waals surface area contributed by atoms with Gasteiger partial charge in [-0.1, -0.05) is 11.6 Å². The molecule has 1 amide bonds. The molecular formula is C12H12ClNO3. The molecule has 0 radical (unpaired) electrons.